The fourth-order valence-electron chi connectivity index (χ4n) is 3.77. The highest BCUT2D eigenvalue weighted by atomic mass is 79.9. The van der Waals surface area contributed by atoms with Gasteiger partial charge in [0.05, 0.1) is 0 Å². The van der Waals surface area contributed by atoms with Crippen molar-refractivity contribution in [3.8, 4) is 0 Å². The summed E-state index contributed by atoms with van der Waals surface area (Å²) in [4.78, 5) is 17.8. The smallest absolute Gasteiger partial charge is 0.254 e. The molecule has 0 bridgehead atoms. The van der Waals surface area contributed by atoms with Crippen molar-refractivity contribution in [2.45, 2.75) is 31.3 Å². The van der Waals surface area contributed by atoms with Gasteiger partial charge in [-0.2, -0.15) is 0 Å². The van der Waals surface area contributed by atoms with Crippen LogP contribution in [0, 0.1) is 0 Å². The third-order valence-electron chi connectivity index (χ3n) is 5.22. The van der Waals surface area contributed by atoms with Crippen molar-refractivity contribution >= 4 is 21.8 Å². The molecule has 1 heterocycles. The average Bonchev–Trinajstić information content (AvgIpc) is 3.47. The summed E-state index contributed by atoms with van der Waals surface area (Å²) in [6.45, 7) is 2.80. The summed E-state index contributed by atoms with van der Waals surface area (Å²) in [6.07, 6.45) is 3.55. The van der Waals surface area contributed by atoms with Crippen LogP contribution in [0.1, 0.15) is 28.8 Å². The molecule has 2 fully saturated rings. The van der Waals surface area contributed by atoms with Crippen LogP contribution in [-0.4, -0.2) is 47.4 Å². The fourth-order valence-corrected chi connectivity index (χ4v) is 4.17. The largest absolute Gasteiger partial charge is 0.333 e. The Morgan fingerprint density at radius 2 is 1.84 bits per heavy atom. The molecular formula is C21H23BrN2O. The molecule has 2 aromatic carbocycles. The first-order valence-corrected chi connectivity index (χ1v) is 9.84. The first-order valence-electron chi connectivity index (χ1n) is 9.05. The number of carbonyl (C=O) groups is 1. The predicted molar refractivity (Wildman–Crippen MR) is 104 cm³/mol. The number of piperazine rings is 1. The van der Waals surface area contributed by atoms with Crippen molar-refractivity contribution in [2.75, 3.05) is 19.6 Å². The van der Waals surface area contributed by atoms with E-state index in [1.54, 1.807) is 0 Å². The SMILES string of the molecule is O=C(c1cccc(Br)c1)N1CCN(C2CC2)CC1Cc1ccccc1. The summed E-state index contributed by atoms with van der Waals surface area (Å²) in [6, 6.07) is 19.3. The van der Waals surface area contributed by atoms with Crippen LogP contribution in [0.4, 0.5) is 0 Å². The van der Waals surface area contributed by atoms with Gasteiger partial charge in [0.15, 0.2) is 0 Å². The number of carbonyl (C=O) groups excluding carboxylic acids is 1. The minimum absolute atomic E-state index is 0.151. The summed E-state index contributed by atoms with van der Waals surface area (Å²) in [5.74, 6) is 0.151. The average molecular weight is 399 g/mol. The lowest BCUT2D eigenvalue weighted by Crippen LogP contribution is -2.56. The van der Waals surface area contributed by atoms with E-state index in [0.717, 1.165) is 42.1 Å². The maximum Gasteiger partial charge on any atom is 0.254 e. The molecule has 1 atom stereocenters. The van der Waals surface area contributed by atoms with E-state index in [2.05, 4.69) is 50.0 Å². The first-order chi connectivity index (χ1) is 12.2. The molecule has 0 spiro atoms. The highest BCUT2D eigenvalue weighted by Crippen LogP contribution is 2.30. The van der Waals surface area contributed by atoms with Gasteiger partial charge in [0.2, 0.25) is 0 Å². The van der Waals surface area contributed by atoms with Crippen LogP contribution in [0.5, 0.6) is 0 Å². The molecule has 1 aliphatic carbocycles. The maximum atomic E-state index is 13.1. The van der Waals surface area contributed by atoms with E-state index >= 15 is 0 Å². The molecule has 4 heteroatoms. The standard InChI is InChI=1S/C21H23BrN2O/c22-18-8-4-7-17(14-18)21(25)24-12-11-23(19-9-10-19)15-20(24)13-16-5-2-1-3-6-16/h1-8,14,19-20H,9-13,15H2. The molecule has 0 radical (unpaired) electrons. The normalized spacial score (nSPS) is 21.3. The second-order valence-electron chi connectivity index (χ2n) is 7.08. The monoisotopic (exact) mass is 398 g/mol. The molecule has 2 aromatic rings. The molecule has 1 unspecified atom stereocenters. The Hall–Kier alpha value is -1.65. The molecule has 130 valence electrons. The Morgan fingerprint density at radius 1 is 1.04 bits per heavy atom. The highest BCUT2D eigenvalue weighted by Gasteiger charge is 2.37. The topological polar surface area (TPSA) is 23.6 Å². The predicted octanol–water partition coefficient (Wildman–Crippen LogP) is 3.98. The quantitative estimate of drug-likeness (QED) is 0.777. The van der Waals surface area contributed by atoms with E-state index < -0.39 is 0 Å². The summed E-state index contributed by atoms with van der Waals surface area (Å²) in [7, 11) is 0. The molecular weight excluding hydrogens is 376 g/mol. The number of amides is 1. The molecule has 2 aliphatic rings. The lowest BCUT2D eigenvalue weighted by atomic mass is 10.0. The lowest BCUT2D eigenvalue weighted by Gasteiger charge is -2.42. The second kappa shape index (κ2) is 7.30. The summed E-state index contributed by atoms with van der Waals surface area (Å²) < 4.78 is 0.953. The number of nitrogens with zero attached hydrogens (tertiary/aromatic N) is 2. The van der Waals surface area contributed by atoms with Crippen LogP contribution in [0.25, 0.3) is 0 Å². The minimum atomic E-state index is 0.151. The number of hydrogen-bond donors (Lipinski definition) is 0. The molecule has 1 aliphatic heterocycles. The molecule has 0 N–H and O–H groups in total. The molecule has 4 rings (SSSR count). The van der Waals surface area contributed by atoms with Gasteiger partial charge >= 0.3 is 0 Å². The molecule has 1 saturated carbocycles. The second-order valence-corrected chi connectivity index (χ2v) is 7.99. The van der Waals surface area contributed by atoms with Crippen LogP contribution >= 0.6 is 15.9 Å². The van der Waals surface area contributed by atoms with Gasteiger partial charge in [-0.05, 0) is 43.0 Å². The van der Waals surface area contributed by atoms with Gasteiger partial charge in [-0.15, -0.1) is 0 Å². The number of halogens is 1. The van der Waals surface area contributed by atoms with E-state index in [-0.39, 0.29) is 11.9 Å². The number of hydrogen-bond acceptors (Lipinski definition) is 2. The first kappa shape index (κ1) is 16.8. The van der Waals surface area contributed by atoms with E-state index in [1.807, 2.05) is 30.3 Å². The molecule has 1 saturated heterocycles. The molecule has 25 heavy (non-hydrogen) atoms. The van der Waals surface area contributed by atoms with Crippen LogP contribution in [-0.2, 0) is 6.42 Å². The lowest BCUT2D eigenvalue weighted by molar-refractivity contribution is 0.0437. The summed E-state index contributed by atoms with van der Waals surface area (Å²) >= 11 is 3.48. The Bertz CT molecular complexity index is 745. The fraction of sp³-hybridized carbons (Fsp3) is 0.381. The summed E-state index contributed by atoms with van der Waals surface area (Å²) in [5, 5.41) is 0. The third kappa shape index (κ3) is 3.96. The van der Waals surface area contributed by atoms with Gasteiger partial charge < -0.3 is 4.90 Å². The zero-order chi connectivity index (χ0) is 17.2. The number of benzene rings is 2. The highest BCUT2D eigenvalue weighted by molar-refractivity contribution is 9.10. The van der Waals surface area contributed by atoms with Crippen molar-refractivity contribution in [3.63, 3.8) is 0 Å². The van der Waals surface area contributed by atoms with E-state index in [9.17, 15) is 4.79 Å². The molecule has 0 aromatic heterocycles. The van der Waals surface area contributed by atoms with E-state index in [0.29, 0.717) is 0 Å². The van der Waals surface area contributed by atoms with Crippen molar-refractivity contribution in [1.29, 1.82) is 0 Å². The van der Waals surface area contributed by atoms with Crippen molar-refractivity contribution < 1.29 is 4.79 Å². The molecule has 3 nitrogen and oxygen atoms in total. The molecule has 1 amide bonds. The van der Waals surface area contributed by atoms with Crippen molar-refractivity contribution in [3.05, 3.63) is 70.2 Å². The zero-order valence-electron chi connectivity index (χ0n) is 14.3. The van der Waals surface area contributed by atoms with Crippen molar-refractivity contribution in [2.24, 2.45) is 0 Å². The number of rotatable bonds is 4. The Morgan fingerprint density at radius 3 is 2.56 bits per heavy atom. The Kier molecular flexibility index (Phi) is 4.91. The van der Waals surface area contributed by atoms with E-state index in [4.69, 9.17) is 0 Å². The minimum Gasteiger partial charge on any atom is -0.333 e. The van der Waals surface area contributed by atoms with Crippen LogP contribution in [0.15, 0.2) is 59.1 Å². The van der Waals surface area contributed by atoms with Gasteiger partial charge in [-0.1, -0.05) is 52.3 Å². The van der Waals surface area contributed by atoms with Crippen LogP contribution in [0.2, 0.25) is 0 Å². The Balaban J connectivity index is 1.56. The third-order valence-corrected chi connectivity index (χ3v) is 5.72. The maximum absolute atomic E-state index is 13.1. The Labute approximate surface area is 157 Å². The van der Waals surface area contributed by atoms with Gasteiger partial charge in [0.1, 0.15) is 0 Å². The zero-order valence-corrected chi connectivity index (χ0v) is 15.9. The van der Waals surface area contributed by atoms with E-state index in [1.165, 1.54) is 18.4 Å². The van der Waals surface area contributed by atoms with Gasteiger partial charge in [0.25, 0.3) is 5.91 Å². The van der Waals surface area contributed by atoms with Gasteiger partial charge in [-0.3, -0.25) is 9.69 Å². The van der Waals surface area contributed by atoms with Gasteiger partial charge in [0, 0.05) is 41.8 Å². The van der Waals surface area contributed by atoms with Crippen LogP contribution in [0.3, 0.4) is 0 Å². The van der Waals surface area contributed by atoms with Crippen LogP contribution < -0.4 is 0 Å². The van der Waals surface area contributed by atoms with Gasteiger partial charge in [-0.25, -0.2) is 0 Å². The summed E-state index contributed by atoms with van der Waals surface area (Å²) in [5.41, 5.74) is 2.07. The van der Waals surface area contributed by atoms with Crippen molar-refractivity contribution in [1.82, 2.24) is 9.80 Å².